The monoisotopic (exact) mass is 203 g/mol. The van der Waals surface area contributed by atoms with Gasteiger partial charge in [0.05, 0.1) is 0 Å². The summed E-state index contributed by atoms with van der Waals surface area (Å²) in [6, 6.07) is 5.85. The summed E-state index contributed by atoms with van der Waals surface area (Å²) < 4.78 is 0. The Hall–Kier alpha value is -1.02. The highest BCUT2D eigenvalue weighted by Crippen LogP contribution is 2.60. The number of aromatic hydroxyl groups is 1. The van der Waals surface area contributed by atoms with E-state index in [0.717, 1.165) is 13.0 Å². The van der Waals surface area contributed by atoms with E-state index in [1.165, 1.54) is 30.4 Å². The maximum atomic E-state index is 9.58. The van der Waals surface area contributed by atoms with E-state index >= 15 is 0 Å². The second kappa shape index (κ2) is 2.99. The molecule has 2 atom stereocenters. The SMILES string of the molecule is NCC1CC12CCCc1ccc(O)cc12. The third-order valence-corrected chi connectivity index (χ3v) is 4.22. The van der Waals surface area contributed by atoms with E-state index in [4.69, 9.17) is 5.73 Å². The van der Waals surface area contributed by atoms with Gasteiger partial charge in [-0.15, -0.1) is 0 Å². The molecule has 2 unspecified atom stereocenters. The van der Waals surface area contributed by atoms with E-state index in [1.807, 2.05) is 6.07 Å². The second-order valence-corrected chi connectivity index (χ2v) is 4.99. The Morgan fingerprint density at radius 3 is 3.07 bits per heavy atom. The molecule has 1 aromatic rings. The van der Waals surface area contributed by atoms with Gasteiger partial charge in [0.2, 0.25) is 0 Å². The second-order valence-electron chi connectivity index (χ2n) is 4.99. The lowest BCUT2D eigenvalue weighted by atomic mass is 9.78. The Labute approximate surface area is 90.1 Å². The van der Waals surface area contributed by atoms with E-state index in [-0.39, 0.29) is 0 Å². The van der Waals surface area contributed by atoms with Crippen LogP contribution in [-0.4, -0.2) is 11.7 Å². The molecule has 2 nitrogen and oxygen atoms in total. The minimum Gasteiger partial charge on any atom is -0.508 e. The van der Waals surface area contributed by atoms with Crippen LogP contribution in [0.5, 0.6) is 5.75 Å². The van der Waals surface area contributed by atoms with Gasteiger partial charge in [0, 0.05) is 5.41 Å². The first-order chi connectivity index (χ1) is 7.26. The Balaban J connectivity index is 2.07. The van der Waals surface area contributed by atoms with E-state index < -0.39 is 0 Å². The molecule has 1 fully saturated rings. The molecule has 3 N–H and O–H groups in total. The van der Waals surface area contributed by atoms with Crippen molar-refractivity contribution in [1.82, 2.24) is 0 Å². The van der Waals surface area contributed by atoms with E-state index in [2.05, 4.69) is 6.07 Å². The fourth-order valence-corrected chi connectivity index (χ4v) is 3.30. The number of hydrogen-bond donors (Lipinski definition) is 2. The Kier molecular flexibility index (Phi) is 1.84. The molecular formula is C13H17NO. The Bertz CT molecular complexity index is 402. The molecule has 0 bridgehead atoms. The first kappa shape index (κ1) is 9.22. The number of benzene rings is 1. The summed E-state index contributed by atoms with van der Waals surface area (Å²) in [5.74, 6) is 1.05. The van der Waals surface area contributed by atoms with Gasteiger partial charge in [-0.25, -0.2) is 0 Å². The van der Waals surface area contributed by atoms with Gasteiger partial charge in [-0.05, 0) is 61.4 Å². The molecule has 1 saturated carbocycles. The molecule has 2 aliphatic carbocycles. The lowest BCUT2D eigenvalue weighted by molar-refractivity contribution is 0.462. The van der Waals surface area contributed by atoms with Gasteiger partial charge < -0.3 is 10.8 Å². The van der Waals surface area contributed by atoms with Crippen molar-refractivity contribution in [2.45, 2.75) is 31.1 Å². The molecule has 3 rings (SSSR count). The third-order valence-electron chi connectivity index (χ3n) is 4.22. The summed E-state index contributed by atoms with van der Waals surface area (Å²) in [6.07, 6.45) is 4.91. The fourth-order valence-electron chi connectivity index (χ4n) is 3.30. The topological polar surface area (TPSA) is 46.2 Å². The smallest absolute Gasteiger partial charge is 0.115 e. The highest BCUT2D eigenvalue weighted by Gasteiger charge is 2.55. The van der Waals surface area contributed by atoms with Crippen molar-refractivity contribution in [2.24, 2.45) is 11.7 Å². The first-order valence-electron chi connectivity index (χ1n) is 5.79. The van der Waals surface area contributed by atoms with Crippen LogP contribution in [-0.2, 0) is 11.8 Å². The summed E-state index contributed by atoms with van der Waals surface area (Å²) in [5.41, 5.74) is 8.91. The lowest BCUT2D eigenvalue weighted by Gasteiger charge is -2.26. The van der Waals surface area contributed by atoms with Crippen molar-refractivity contribution < 1.29 is 5.11 Å². The largest absolute Gasteiger partial charge is 0.508 e. The van der Waals surface area contributed by atoms with Gasteiger partial charge in [0.25, 0.3) is 0 Å². The van der Waals surface area contributed by atoms with Crippen molar-refractivity contribution in [2.75, 3.05) is 6.54 Å². The van der Waals surface area contributed by atoms with Crippen LogP contribution in [0.25, 0.3) is 0 Å². The van der Waals surface area contributed by atoms with Gasteiger partial charge in [0.15, 0.2) is 0 Å². The molecule has 0 aliphatic heterocycles. The molecule has 0 radical (unpaired) electrons. The van der Waals surface area contributed by atoms with E-state index in [1.54, 1.807) is 6.07 Å². The summed E-state index contributed by atoms with van der Waals surface area (Å²) in [6.45, 7) is 0.787. The average molecular weight is 203 g/mol. The molecule has 1 aromatic carbocycles. The van der Waals surface area contributed by atoms with Crippen LogP contribution in [0.2, 0.25) is 0 Å². The van der Waals surface area contributed by atoms with Gasteiger partial charge in [0.1, 0.15) is 5.75 Å². The maximum absolute atomic E-state index is 9.58. The van der Waals surface area contributed by atoms with Crippen LogP contribution in [0.15, 0.2) is 18.2 Å². The number of hydrogen-bond acceptors (Lipinski definition) is 2. The molecule has 2 heteroatoms. The molecule has 2 aliphatic rings. The number of rotatable bonds is 1. The molecule has 15 heavy (non-hydrogen) atoms. The van der Waals surface area contributed by atoms with Crippen LogP contribution in [0, 0.1) is 5.92 Å². The molecule has 80 valence electrons. The van der Waals surface area contributed by atoms with Gasteiger partial charge in [-0.3, -0.25) is 0 Å². The van der Waals surface area contributed by atoms with Crippen LogP contribution in [0.3, 0.4) is 0 Å². The predicted octanol–water partition coefficient (Wildman–Crippen LogP) is 1.94. The van der Waals surface area contributed by atoms with Crippen molar-refractivity contribution in [3.8, 4) is 5.75 Å². The van der Waals surface area contributed by atoms with Gasteiger partial charge >= 0.3 is 0 Å². The van der Waals surface area contributed by atoms with Crippen molar-refractivity contribution in [3.05, 3.63) is 29.3 Å². The lowest BCUT2D eigenvalue weighted by Crippen LogP contribution is -2.21. The molecule has 0 aromatic heterocycles. The van der Waals surface area contributed by atoms with Crippen LogP contribution in [0.1, 0.15) is 30.4 Å². The van der Waals surface area contributed by atoms with Crippen molar-refractivity contribution in [1.29, 1.82) is 0 Å². The summed E-state index contributed by atoms with van der Waals surface area (Å²) in [7, 11) is 0. The predicted molar refractivity (Wildman–Crippen MR) is 59.9 cm³/mol. The third kappa shape index (κ3) is 1.21. The van der Waals surface area contributed by atoms with Crippen LogP contribution < -0.4 is 5.73 Å². The highest BCUT2D eigenvalue weighted by molar-refractivity contribution is 5.46. The quantitative estimate of drug-likeness (QED) is 0.732. The average Bonchev–Trinajstić information content (AvgIpc) is 2.94. The summed E-state index contributed by atoms with van der Waals surface area (Å²) in [5, 5.41) is 9.58. The Morgan fingerprint density at radius 2 is 2.33 bits per heavy atom. The molecule has 1 spiro atoms. The fraction of sp³-hybridized carbons (Fsp3) is 0.538. The zero-order valence-electron chi connectivity index (χ0n) is 8.87. The highest BCUT2D eigenvalue weighted by atomic mass is 16.3. The van der Waals surface area contributed by atoms with Crippen LogP contribution >= 0.6 is 0 Å². The molecule has 0 heterocycles. The van der Waals surface area contributed by atoms with Crippen molar-refractivity contribution >= 4 is 0 Å². The standard InChI is InChI=1S/C13H17NO/c14-8-10-7-13(10)5-1-2-9-3-4-11(15)6-12(9)13/h3-4,6,10,15H,1-2,5,7-8,14H2. The summed E-state index contributed by atoms with van der Waals surface area (Å²) in [4.78, 5) is 0. The van der Waals surface area contributed by atoms with Crippen LogP contribution in [0.4, 0.5) is 0 Å². The number of phenols is 1. The molecule has 0 saturated heterocycles. The minimum atomic E-state index is 0.334. The molecule has 0 amide bonds. The normalized spacial score (nSPS) is 32.7. The number of phenolic OH excluding ortho intramolecular Hbond substituents is 1. The number of aryl methyl sites for hydroxylation is 1. The minimum absolute atomic E-state index is 0.334. The van der Waals surface area contributed by atoms with Gasteiger partial charge in [-0.2, -0.15) is 0 Å². The van der Waals surface area contributed by atoms with Gasteiger partial charge in [-0.1, -0.05) is 6.07 Å². The zero-order valence-corrected chi connectivity index (χ0v) is 8.87. The zero-order chi connectivity index (χ0) is 10.5. The van der Waals surface area contributed by atoms with E-state index in [9.17, 15) is 5.11 Å². The number of fused-ring (bicyclic) bond motifs is 2. The first-order valence-corrected chi connectivity index (χ1v) is 5.79. The Morgan fingerprint density at radius 1 is 1.47 bits per heavy atom. The summed E-state index contributed by atoms with van der Waals surface area (Å²) >= 11 is 0. The van der Waals surface area contributed by atoms with E-state index in [0.29, 0.717) is 17.1 Å². The molecular weight excluding hydrogens is 186 g/mol. The van der Waals surface area contributed by atoms with Crippen molar-refractivity contribution in [3.63, 3.8) is 0 Å². The number of nitrogens with two attached hydrogens (primary N) is 1. The maximum Gasteiger partial charge on any atom is 0.115 e.